The third kappa shape index (κ3) is 4.78. The Bertz CT molecular complexity index is 343. The van der Waals surface area contributed by atoms with Crippen molar-refractivity contribution in [2.45, 2.75) is 55.1 Å². The zero-order valence-electron chi connectivity index (χ0n) is 12.2. The minimum atomic E-state index is -1.85. The van der Waals surface area contributed by atoms with Gasteiger partial charge in [-0.1, -0.05) is 0 Å². The molecule has 0 aromatic carbocycles. The largest absolute Gasteiger partial charge is 0.394 e. The van der Waals surface area contributed by atoms with Crippen LogP contribution in [0.15, 0.2) is 0 Å². The normalized spacial score (nSPS) is 34.8. The molecule has 0 aromatic heterocycles. The number of ether oxygens (including phenoxy) is 2. The van der Waals surface area contributed by atoms with Crippen molar-refractivity contribution in [1.82, 2.24) is 0 Å². The Balaban J connectivity index is 2.72. The minimum absolute atomic E-state index is 0.741. The molecule has 1 aliphatic heterocycles. The lowest BCUT2D eigenvalue weighted by Crippen LogP contribution is -2.50. The highest BCUT2D eigenvalue weighted by molar-refractivity contribution is 4.92. The Hall–Kier alpha value is -0.440. The van der Waals surface area contributed by atoms with Crippen LogP contribution in [0, 0.1) is 0 Å². The van der Waals surface area contributed by atoms with Gasteiger partial charge in [0.2, 0.25) is 0 Å². The summed E-state index contributed by atoms with van der Waals surface area (Å²) in [5, 5.41) is 84.4. The van der Waals surface area contributed by atoms with Crippen LogP contribution < -0.4 is 0 Å². The summed E-state index contributed by atoms with van der Waals surface area (Å²) in [5.74, 6) is 0. The van der Waals surface area contributed by atoms with E-state index in [4.69, 9.17) is 19.7 Å². The highest BCUT2D eigenvalue weighted by Crippen LogP contribution is 2.26. The van der Waals surface area contributed by atoms with E-state index in [1.165, 1.54) is 0 Å². The monoisotopic (exact) mass is 344 g/mol. The van der Waals surface area contributed by atoms with Gasteiger partial charge in [0.25, 0.3) is 0 Å². The van der Waals surface area contributed by atoms with E-state index in [1.54, 1.807) is 0 Å². The van der Waals surface area contributed by atoms with E-state index in [-0.39, 0.29) is 0 Å². The zero-order chi connectivity index (χ0) is 17.7. The van der Waals surface area contributed by atoms with Gasteiger partial charge < -0.3 is 55.4 Å². The number of hydrogen-bond donors (Lipinski definition) is 9. The first-order valence-corrected chi connectivity index (χ1v) is 7.00. The second-order valence-corrected chi connectivity index (χ2v) is 5.29. The van der Waals surface area contributed by atoms with Crippen molar-refractivity contribution >= 4 is 0 Å². The van der Waals surface area contributed by atoms with E-state index in [2.05, 4.69) is 0 Å². The van der Waals surface area contributed by atoms with E-state index in [0.29, 0.717) is 0 Å². The van der Waals surface area contributed by atoms with E-state index < -0.39 is 74.9 Å². The molecule has 0 bridgehead atoms. The summed E-state index contributed by atoms with van der Waals surface area (Å²) in [4.78, 5) is 0. The molecule has 0 radical (unpaired) electrons. The average molecular weight is 344 g/mol. The molecule has 11 heteroatoms. The van der Waals surface area contributed by atoms with Crippen LogP contribution in [0.4, 0.5) is 0 Å². The molecule has 0 spiro atoms. The molecule has 1 heterocycles. The van der Waals surface area contributed by atoms with Gasteiger partial charge in [-0.25, -0.2) is 0 Å². The Kier molecular flexibility index (Phi) is 8.20. The van der Waals surface area contributed by atoms with Crippen molar-refractivity contribution in [3.63, 3.8) is 0 Å². The molecule has 0 aliphatic carbocycles. The van der Waals surface area contributed by atoms with Gasteiger partial charge in [-0.15, -0.1) is 0 Å². The van der Waals surface area contributed by atoms with E-state index in [1.807, 2.05) is 0 Å². The van der Waals surface area contributed by atoms with Gasteiger partial charge in [-0.3, -0.25) is 0 Å². The first kappa shape index (κ1) is 20.6. The van der Waals surface area contributed by atoms with Gasteiger partial charge in [0, 0.05) is 0 Å². The fourth-order valence-electron chi connectivity index (χ4n) is 2.17. The van der Waals surface area contributed by atoms with Gasteiger partial charge in [-0.2, -0.15) is 0 Å². The summed E-state index contributed by atoms with van der Waals surface area (Å²) < 4.78 is 10.1. The maximum absolute atomic E-state index is 9.82. The van der Waals surface area contributed by atoms with Crippen molar-refractivity contribution in [1.29, 1.82) is 0 Å². The molecule has 0 saturated carbocycles. The maximum Gasteiger partial charge on any atom is 0.187 e. The summed E-state index contributed by atoms with van der Waals surface area (Å²) in [5.41, 5.74) is 0. The first-order chi connectivity index (χ1) is 10.8. The average Bonchev–Trinajstić information content (AvgIpc) is 2.84. The van der Waals surface area contributed by atoms with Crippen LogP contribution in [0.1, 0.15) is 0 Å². The molecule has 0 aromatic rings. The maximum atomic E-state index is 9.82. The lowest BCUT2D eigenvalue weighted by molar-refractivity contribution is -0.237. The molecule has 138 valence electrons. The van der Waals surface area contributed by atoms with Crippen molar-refractivity contribution in [3.05, 3.63) is 0 Å². The van der Waals surface area contributed by atoms with Gasteiger partial charge in [0.05, 0.1) is 19.8 Å². The fourth-order valence-corrected chi connectivity index (χ4v) is 2.17. The molecule has 11 nitrogen and oxygen atoms in total. The predicted molar refractivity (Wildman–Crippen MR) is 70.8 cm³/mol. The minimum Gasteiger partial charge on any atom is -0.394 e. The molecular formula is C12H24O11. The quantitative estimate of drug-likeness (QED) is 0.193. The molecule has 1 rings (SSSR count). The molecule has 9 N–H and O–H groups in total. The molecule has 0 amide bonds. The Morgan fingerprint density at radius 1 is 0.826 bits per heavy atom. The van der Waals surface area contributed by atoms with Crippen LogP contribution in [-0.4, -0.2) is 121 Å². The van der Waals surface area contributed by atoms with E-state index in [9.17, 15) is 35.7 Å². The standard InChI is InChI=1S/C12H24O11/c13-1-4(16)7(18)8(19)6(3-15)22-12-10(21)9(20)11(23-12)5(17)2-14/h4-21H,1-3H2/t4-,5-,6+,7+,8-,9-,10-,11+,12+/m1/s1. The molecule has 1 fully saturated rings. The van der Waals surface area contributed by atoms with Crippen molar-refractivity contribution < 1.29 is 55.4 Å². The molecule has 9 atom stereocenters. The number of hydrogen-bond acceptors (Lipinski definition) is 11. The number of rotatable bonds is 9. The third-order valence-corrected chi connectivity index (χ3v) is 3.62. The second-order valence-electron chi connectivity index (χ2n) is 5.29. The van der Waals surface area contributed by atoms with Crippen LogP contribution >= 0.6 is 0 Å². The van der Waals surface area contributed by atoms with Crippen molar-refractivity contribution in [2.75, 3.05) is 19.8 Å². The van der Waals surface area contributed by atoms with Crippen LogP contribution in [0.5, 0.6) is 0 Å². The molecule has 23 heavy (non-hydrogen) atoms. The Morgan fingerprint density at radius 3 is 1.91 bits per heavy atom. The topological polar surface area (TPSA) is 201 Å². The van der Waals surface area contributed by atoms with Gasteiger partial charge in [0.15, 0.2) is 6.29 Å². The fraction of sp³-hybridized carbons (Fsp3) is 1.00. The van der Waals surface area contributed by atoms with E-state index >= 15 is 0 Å². The molecule has 1 saturated heterocycles. The van der Waals surface area contributed by atoms with Gasteiger partial charge in [0.1, 0.15) is 48.8 Å². The third-order valence-electron chi connectivity index (χ3n) is 3.62. The zero-order valence-corrected chi connectivity index (χ0v) is 12.2. The van der Waals surface area contributed by atoms with Gasteiger partial charge in [-0.05, 0) is 0 Å². The number of aliphatic hydroxyl groups is 9. The lowest BCUT2D eigenvalue weighted by atomic mass is 10.0. The predicted octanol–water partition coefficient (Wildman–Crippen LogP) is -5.76. The SMILES string of the molecule is OC[C@@H](O)[C@H](O)[C@H](O)[C@H](CO)O[C@H]1O[C@@H]([C@H](O)CO)[C@H](O)[C@H]1O. The molecule has 1 aliphatic rings. The number of aliphatic hydroxyl groups excluding tert-OH is 9. The summed E-state index contributed by atoms with van der Waals surface area (Å²) >= 11 is 0. The van der Waals surface area contributed by atoms with Crippen molar-refractivity contribution in [3.8, 4) is 0 Å². The Morgan fingerprint density at radius 2 is 1.43 bits per heavy atom. The van der Waals surface area contributed by atoms with Crippen LogP contribution in [-0.2, 0) is 9.47 Å². The Labute approximate surface area is 131 Å². The van der Waals surface area contributed by atoms with Crippen molar-refractivity contribution in [2.24, 2.45) is 0 Å². The summed E-state index contributed by atoms with van der Waals surface area (Å²) in [6.45, 7) is -2.43. The van der Waals surface area contributed by atoms with Crippen LogP contribution in [0.25, 0.3) is 0 Å². The van der Waals surface area contributed by atoms with Gasteiger partial charge >= 0.3 is 0 Å². The first-order valence-electron chi connectivity index (χ1n) is 7.00. The van der Waals surface area contributed by atoms with Crippen LogP contribution in [0.3, 0.4) is 0 Å². The van der Waals surface area contributed by atoms with E-state index in [0.717, 1.165) is 0 Å². The smallest absolute Gasteiger partial charge is 0.187 e. The summed E-state index contributed by atoms with van der Waals surface area (Å²) in [6.07, 6.45) is -14.6. The summed E-state index contributed by atoms with van der Waals surface area (Å²) in [7, 11) is 0. The molecular weight excluding hydrogens is 320 g/mol. The highest BCUT2D eigenvalue weighted by Gasteiger charge is 2.48. The lowest BCUT2D eigenvalue weighted by Gasteiger charge is -2.30. The summed E-state index contributed by atoms with van der Waals surface area (Å²) in [6, 6.07) is 0. The second kappa shape index (κ2) is 9.15. The molecule has 0 unspecified atom stereocenters. The highest BCUT2D eigenvalue weighted by atomic mass is 16.7. The van der Waals surface area contributed by atoms with Crippen LogP contribution in [0.2, 0.25) is 0 Å².